The van der Waals surface area contributed by atoms with Gasteiger partial charge < -0.3 is 39.5 Å². The zero-order valence-corrected chi connectivity index (χ0v) is 22.4. The van der Waals surface area contributed by atoms with Gasteiger partial charge in [-0.1, -0.05) is 0 Å². The summed E-state index contributed by atoms with van der Waals surface area (Å²) in [5, 5.41) is 24.5. The van der Waals surface area contributed by atoms with E-state index in [-0.39, 0.29) is 67.4 Å². The first-order chi connectivity index (χ1) is 18.2. The lowest BCUT2D eigenvalue weighted by molar-refractivity contribution is -0.150. The van der Waals surface area contributed by atoms with Crippen LogP contribution in [-0.4, -0.2) is 144 Å². The Morgan fingerprint density at radius 3 is 2.47 bits per heavy atom. The van der Waals surface area contributed by atoms with Crippen LogP contribution in [0.1, 0.15) is 39.5 Å². The van der Waals surface area contributed by atoms with Crippen LogP contribution in [0.2, 0.25) is 0 Å². The number of carbonyl (C=O) groups excluding carboxylic acids is 3. The van der Waals surface area contributed by atoms with Crippen molar-refractivity contribution in [2.75, 3.05) is 52.5 Å². The monoisotopic (exact) mass is 538 g/mol. The third-order valence-corrected chi connectivity index (χ3v) is 8.66. The molecule has 0 radical (unpaired) electrons. The van der Waals surface area contributed by atoms with Gasteiger partial charge in [-0.2, -0.15) is 0 Å². The predicted octanol–water partition coefficient (Wildman–Crippen LogP) is -1.67. The van der Waals surface area contributed by atoms with Crippen molar-refractivity contribution >= 4 is 17.7 Å². The number of morpholine rings is 1. The zero-order chi connectivity index (χ0) is 27.0. The summed E-state index contributed by atoms with van der Waals surface area (Å²) in [6, 6.07) is -0.435. The van der Waals surface area contributed by atoms with Crippen LogP contribution in [0.4, 0.5) is 0 Å². The van der Waals surface area contributed by atoms with E-state index < -0.39 is 24.4 Å². The molecule has 12 heteroatoms. The fraction of sp³-hybridized carbons (Fsp3) is 0.885. The molecule has 3 N–H and O–H groups in total. The first-order valence-corrected chi connectivity index (χ1v) is 14.0. The van der Waals surface area contributed by atoms with Gasteiger partial charge in [0.2, 0.25) is 17.7 Å². The summed E-state index contributed by atoms with van der Waals surface area (Å²) in [7, 11) is 0. The molecule has 0 unspecified atom stereocenters. The van der Waals surface area contributed by atoms with E-state index in [1.165, 1.54) is 0 Å². The molecule has 5 fully saturated rings. The van der Waals surface area contributed by atoms with Crippen LogP contribution in [0, 0.1) is 5.92 Å². The van der Waals surface area contributed by atoms with E-state index in [0.717, 1.165) is 0 Å². The lowest BCUT2D eigenvalue weighted by Gasteiger charge is -2.39. The van der Waals surface area contributed by atoms with Crippen LogP contribution in [0.15, 0.2) is 0 Å². The number of nitrogens with zero attached hydrogens (tertiary/aromatic N) is 3. The normalized spacial score (nSPS) is 38.1. The second-order valence-corrected chi connectivity index (χ2v) is 11.6. The highest BCUT2D eigenvalue weighted by atomic mass is 16.5. The highest BCUT2D eigenvalue weighted by molar-refractivity contribution is 5.83. The molecule has 5 heterocycles. The molecule has 0 aromatic rings. The number of amides is 3. The second-order valence-electron chi connectivity index (χ2n) is 11.6. The Kier molecular flexibility index (Phi) is 8.56. The number of hydrogen-bond acceptors (Lipinski definition) is 9. The largest absolute Gasteiger partial charge is 0.388 e. The van der Waals surface area contributed by atoms with Crippen LogP contribution in [0.3, 0.4) is 0 Å². The fourth-order valence-electron chi connectivity index (χ4n) is 6.55. The summed E-state index contributed by atoms with van der Waals surface area (Å²) >= 11 is 0. The van der Waals surface area contributed by atoms with Crippen molar-refractivity contribution in [1.29, 1.82) is 0 Å². The summed E-state index contributed by atoms with van der Waals surface area (Å²) < 4.78 is 17.5. The summed E-state index contributed by atoms with van der Waals surface area (Å²) in [5.41, 5.74) is 0. The molecule has 12 nitrogen and oxygen atoms in total. The van der Waals surface area contributed by atoms with E-state index >= 15 is 0 Å². The molecule has 0 aromatic heterocycles. The molecule has 0 spiro atoms. The van der Waals surface area contributed by atoms with E-state index in [1.54, 1.807) is 4.90 Å². The Morgan fingerprint density at radius 1 is 1.00 bits per heavy atom. The molecular weight excluding hydrogens is 496 g/mol. The number of fused-ring (bicyclic) bond motifs is 6. The number of rotatable bonds is 2. The van der Waals surface area contributed by atoms with Gasteiger partial charge in [-0.05, 0) is 33.1 Å². The Labute approximate surface area is 223 Å². The fourth-order valence-corrected chi connectivity index (χ4v) is 6.55. The van der Waals surface area contributed by atoms with Gasteiger partial charge in [0.15, 0.2) is 0 Å². The first-order valence-electron chi connectivity index (χ1n) is 14.0. The number of carbonyl (C=O) groups is 3. The standard InChI is InChI=1S/C26H42N4O8/c1-15(2)30-11-17-9-19(30)26(35)28-5-8-37-18(12-28)13-29(25(34)16-3-6-36-7-4-16)14-21-24(33)23(32)20(38-21)10-22(31)27-17/h15-21,23-24,32-33H,3-14H2,1-2H3,(H,27,31)/t17-,18-,19-,20-,21+,23-,24+/m0/s1. The highest BCUT2D eigenvalue weighted by Crippen LogP contribution is 2.28. The van der Waals surface area contributed by atoms with Gasteiger partial charge in [0.1, 0.15) is 18.3 Å². The van der Waals surface area contributed by atoms with Crippen LogP contribution in [-0.2, 0) is 28.6 Å². The number of likely N-dealkylation sites (tertiary alicyclic amines) is 1. The number of aliphatic hydroxyl groups excluding tert-OH is 2. The van der Waals surface area contributed by atoms with Crippen molar-refractivity contribution in [3.05, 3.63) is 0 Å². The van der Waals surface area contributed by atoms with Crippen LogP contribution >= 0.6 is 0 Å². The number of hydrogen-bond donors (Lipinski definition) is 3. The molecule has 38 heavy (non-hydrogen) atoms. The molecule has 5 aliphatic heterocycles. The van der Waals surface area contributed by atoms with Crippen molar-refractivity contribution in [3.63, 3.8) is 0 Å². The SMILES string of the molecule is CC(C)N1C[C@@H]2C[C@H]1C(=O)N1CCO[C@H](CN(C(=O)C3CCOCC3)C[C@H]3O[C@@H](CC(=O)N2)[C@H](O)[C@@H]3O)C1. The number of nitrogens with one attached hydrogen (secondary N) is 1. The second kappa shape index (κ2) is 11.7. The molecular formula is C26H42N4O8. The zero-order valence-electron chi connectivity index (χ0n) is 22.4. The van der Waals surface area contributed by atoms with Crippen molar-refractivity contribution in [2.45, 2.75) is 88.2 Å². The lowest BCUT2D eigenvalue weighted by Crippen LogP contribution is -2.56. The predicted molar refractivity (Wildman–Crippen MR) is 134 cm³/mol. The topological polar surface area (TPSA) is 141 Å². The summed E-state index contributed by atoms with van der Waals surface area (Å²) in [6.45, 7) is 7.17. The minimum Gasteiger partial charge on any atom is -0.388 e. The van der Waals surface area contributed by atoms with Gasteiger partial charge >= 0.3 is 0 Å². The highest BCUT2D eigenvalue weighted by Gasteiger charge is 2.47. The smallest absolute Gasteiger partial charge is 0.240 e. The average molecular weight is 539 g/mol. The minimum absolute atomic E-state index is 0.0207. The summed E-state index contributed by atoms with van der Waals surface area (Å²) in [4.78, 5) is 45.8. The van der Waals surface area contributed by atoms with E-state index in [4.69, 9.17) is 14.2 Å². The van der Waals surface area contributed by atoms with Gasteiger partial charge in [-0.25, -0.2) is 0 Å². The summed E-state index contributed by atoms with van der Waals surface area (Å²) in [5.74, 6) is -0.557. The van der Waals surface area contributed by atoms with Crippen LogP contribution < -0.4 is 5.32 Å². The van der Waals surface area contributed by atoms with Crippen molar-refractivity contribution < 1.29 is 38.8 Å². The molecule has 5 aliphatic rings. The third kappa shape index (κ3) is 5.85. The maximum absolute atomic E-state index is 13.7. The van der Waals surface area contributed by atoms with Crippen LogP contribution in [0.25, 0.3) is 0 Å². The Morgan fingerprint density at radius 2 is 1.74 bits per heavy atom. The molecule has 0 saturated carbocycles. The quantitative estimate of drug-likeness (QED) is 0.376. The van der Waals surface area contributed by atoms with Crippen molar-refractivity contribution in [1.82, 2.24) is 20.0 Å². The van der Waals surface area contributed by atoms with Crippen molar-refractivity contribution in [3.8, 4) is 0 Å². The van der Waals surface area contributed by atoms with E-state index in [2.05, 4.69) is 10.2 Å². The molecule has 7 atom stereocenters. The van der Waals surface area contributed by atoms with Crippen LogP contribution in [0.5, 0.6) is 0 Å². The van der Waals surface area contributed by atoms with Crippen molar-refractivity contribution in [2.24, 2.45) is 5.92 Å². The Hall–Kier alpha value is -1.83. The van der Waals surface area contributed by atoms with Gasteiger partial charge in [0.05, 0.1) is 31.3 Å². The van der Waals surface area contributed by atoms with E-state index in [1.807, 2.05) is 18.7 Å². The average Bonchev–Trinajstić information content (AvgIpc) is 3.44. The number of aliphatic hydroxyl groups is 2. The lowest BCUT2D eigenvalue weighted by atomic mass is 9.97. The molecule has 214 valence electrons. The Balaban J connectivity index is 1.41. The molecule has 0 aromatic carbocycles. The molecule has 5 saturated heterocycles. The van der Waals surface area contributed by atoms with E-state index in [9.17, 15) is 24.6 Å². The third-order valence-electron chi connectivity index (χ3n) is 8.66. The number of ether oxygens (including phenoxy) is 3. The van der Waals surface area contributed by atoms with Gasteiger partial charge in [0.25, 0.3) is 0 Å². The molecule has 5 rings (SSSR count). The molecule has 0 aliphatic carbocycles. The van der Waals surface area contributed by atoms with Gasteiger partial charge in [-0.15, -0.1) is 0 Å². The minimum atomic E-state index is -1.24. The molecule has 6 bridgehead atoms. The van der Waals surface area contributed by atoms with E-state index in [0.29, 0.717) is 58.7 Å². The summed E-state index contributed by atoms with van der Waals surface area (Å²) in [6.07, 6.45) is -2.97. The Bertz CT molecular complexity index is 883. The maximum Gasteiger partial charge on any atom is 0.240 e. The molecule has 3 amide bonds. The maximum atomic E-state index is 13.7. The van der Waals surface area contributed by atoms with Gasteiger partial charge in [-0.3, -0.25) is 19.3 Å². The van der Waals surface area contributed by atoms with Gasteiger partial charge in [0, 0.05) is 63.9 Å². The first kappa shape index (κ1) is 27.7.